The fraction of sp³-hybridized carbons (Fsp3) is 0.467. The van der Waals surface area contributed by atoms with Gasteiger partial charge in [-0.1, -0.05) is 36.2 Å². The molecular formula is C15H20Cl2N4S. The van der Waals surface area contributed by atoms with Gasteiger partial charge in [-0.25, -0.2) is 5.01 Å². The Balaban J connectivity index is 2.06. The van der Waals surface area contributed by atoms with Gasteiger partial charge in [-0.3, -0.25) is 9.71 Å². The fourth-order valence-corrected chi connectivity index (χ4v) is 3.24. The average Bonchev–Trinajstić information content (AvgIpc) is 2.99. The van der Waals surface area contributed by atoms with Crippen LogP contribution in [0.2, 0.25) is 10.0 Å². The summed E-state index contributed by atoms with van der Waals surface area (Å²) in [7, 11) is 0. The van der Waals surface area contributed by atoms with Crippen LogP contribution in [0, 0.1) is 12.8 Å². The molecule has 0 aliphatic carbocycles. The quantitative estimate of drug-likeness (QED) is 0.485. The van der Waals surface area contributed by atoms with Crippen molar-refractivity contribution in [1.82, 2.24) is 9.73 Å². The van der Waals surface area contributed by atoms with Gasteiger partial charge in [0.15, 0.2) is 0 Å². The lowest BCUT2D eigenvalue weighted by Crippen LogP contribution is -2.34. The van der Waals surface area contributed by atoms with Gasteiger partial charge in [-0.05, 0) is 43.8 Å². The van der Waals surface area contributed by atoms with E-state index in [-0.39, 0.29) is 0 Å². The van der Waals surface area contributed by atoms with Crippen LogP contribution in [0.25, 0.3) is 0 Å². The Morgan fingerprint density at radius 3 is 2.82 bits per heavy atom. The highest BCUT2D eigenvalue weighted by Crippen LogP contribution is 2.34. The fourth-order valence-electron chi connectivity index (χ4n) is 1.99. The van der Waals surface area contributed by atoms with Crippen molar-refractivity contribution in [1.29, 1.82) is 0 Å². The second-order valence-corrected chi connectivity index (χ2v) is 6.63. The van der Waals surface area contributed by atoms with Crippen LogP contribution < -0.4 is 4.72 Å². The van der Waals surface area contributed by atoms with Crippen LogP contribution >= 0.6 is 35.1 Å². The molecule has 0 saturated carbocycles. The summed E-state index contributed by atoms with van der Waals surface area (Å²) in [5.41, 5.74) is 0.966. The van der Waals surface area contributed by atoms with E-state index in [2.05, 4.69) is 21.7 Å². The van der Waals surface area contributed by atoms with E-state index in [1.807, 2.05) is 37.2 Å². The minimum absolute atomic E-state index is 0.478. The van der Waals surface area contributed by atoms with E-state index in [1.165, 1.54) is 11.9 Å². The lowest BCUT2D eigenvalue weighted by Gasteiger charge is -2.19. The molecule has 7 heteroatoms. The molecule has 1 aromatic carbocycles. The van der Waals surface area contributed by atoms with Crippen LogP contribution in [0.1, 0.15) is 25.8 Å². The molecule has 2 rings (SSSR count). The number of hydrogen-bond acceptors (Lipinski definition) is 3. The molecular weight excluding hydrogens is 339 g/mol. The molecule has 0 bridgehead atoms. The zero-order chi connectivity index (χ0) is 16.1. The largest absolute Gasteiger partial charge is 0.295 e. The van der Waals surface area contributed by atoms with Crippen molar-refractivity contribution in [2.24, 2.45) is 16.0 Å². The maximum atomic E-state index is 6.29. The summed E-state index contributed by atoms with van der Waals surface area (Å²) in [6, 6.07) is 3.91. The first-order chi connectivity index (χ1) is 10.6. The summed E-state index contributed by atoms with van der Waals surface area (Å²) in [5.74, 6) is 1.22. The van der Waals surface area contributed by atoms with Gasteiger partial charge in [0, 0.05) is 23.6 Å². The summed E-state index contributed by atoms with van der Waals surface area (Å²) < 4.78 is 3.25. The molecule has 1 unspecified atom stereocenters. The maximum Gasteiger partial charge on any atom is 0.225 e. The molecule has 0 saturated heterocycles. The summed E-state index contributed by atoms with van der Waals surface area (Å²) >= 11 is 13.9. The Bertz CT molecular complexity index is 589. The van der Waals surface area contributed by atoms with E-state index in [0.717, 1.165) is 29.4 Å². The van der Waals surface area contributed by atoms with Gasteiger partial charge in [-0.15, -0.1) is 0 Å². The van der Waals surface area contributed by atoms with Gasteiger partial charge < -0.3 is 0 Å². The number of aliphatic imine (C=N–C) groups is 1. The van der Waals surface area contributed by atoms with Crippen molar-refractivity contribution < 1.29 is 0 Å². The van der Waals surface area contributed by atoms with Gasteiger partial charge in [0.2, 0.25) is 5.96 Å². The van der Waals surface area contributed by atoms with Crippen molar-refractivity contribution in [3.63, 3.8) is 0 Å². The maximum absolute atomic E-state index is 6.29. The summed E-state index contributed by atoms with van der Waals surface area (Å²) in [4.78, 5) is 5.35. The predicted octanol–water partition coefficient (Wildman–Crippen LogP) is 4.60. The summed E-state index contributed by atoms with van der Waals surface area (Å²) in [6.07, 6.45) is 3.05. The number of benzene rings is 1. The van der Waals surface area contributed by atoms with Crippen molar-refractivity contribution >= 4 is 47.3 Å². The normalized spacial score (nSPS) is 18.1. The van der Waals surface area contributed by atoms with E-state index >= 15 is 0 Å². The molecule has 0 radical (unpaired) electrons. The van der Waals surface area contributed by atoms with Crippen LogP contribution in [0.4, 0.5) is 0 Å². The van der Waals surface area contributed by atoms with Crippen molar-refractivity contribution in [3.8, 4) is 0 Å². The minimum Gasteiger partial charge on any atom is -0.295 e. The molecule has 1 aromatic rings. The number of nitrogens with zero attached hydrogens (tertiary/aromatic N) is 3. The molecule has 1 atom stereocenters. The number of guanidine groups is 1. The monoisotopic (exact) mass is 358 g/mol. The zero-order valence-corrected chi connectivity index (χ0v) is 15.3. The Morgan fingerprint density at radius 1 is 1.41 bits per heavy atom. The Kier molecular flexibility index (Phi) is 6.41. The van der Waals surface area contributed by atoms with Crippen LogP contribution in [0.3, 0.4) is 0 Å². The number of hydrazone groups is 1. The lowest BCUT2D eigenvalue weighted by atomic mass is 10.1. The molecule has 0 amide bonds. The Labute approximate surface area is 146 Å². The molecule has 1 heterocycles. The standard InChI is InChI=1S/C15H20Cl2N4S/c1-4-11-8-19-21(9-11)15(18-5-2)20-22-12-7-6-10(3)13(16)14(12)17/h6-8,11H,4-5,9H2,1-3H3,(H,18,20). The van der Waals surface area contributed by atoms with Crippen molar-refractivity contribution in [3.05, 3.63) is 27.7 Å². The molecule has 0 fully saturated rings. The number of halogens is 2. The lowest BCUT2D eigenvalue weighted by molar-refractivity contribution is 0.431. The topological polar surface area (TPSA) is 40.0 Å². The van der Waals surface area contributed by atoms with E-state index in [4.69, 9.17) is 23.2 Å². The smallest absolute Gasteiger partial charge is 0.225 e. The van der Waals surface area contributed by atoms with Crippen LogP contribution in [-0.4, -0.2) is 30.3 Å². The SMILES string of the molecule is CCN=C(NSc1ccc(C)c(Cl)c1Cl)N1CC(CC)C=N1. The van der Waals surface area contributed by atoms with E-state index in [0.29, 0.717) is 22.5 Å². The van der Waals surface area contributed by atoms with Crippen LogP contribution in [-0.2, 0) is 0 Å². The molecule has 0 aromatic heterocycles. The van der Waals surface area contributed by atoms with Gasteiger partial charge in [0.05, 0.1) is 16.6 Å². The minimum atomic E-state index is 0.478. The van der Waals surface area contributed by atoms with Gasteiger partial charge in [0.1, 0.15) is 0 Å². The highest BCUT2D eigenvalue weighted by atomic mass is 35.5. The highest BCUT2D eigenvalue weighted by molar-refractivity contribution is 7.98. The molecule has 4 nitrogen and oxygen atoms in total. The molecule has 120 valence electrons. The molecule has 1 aliphatic rings. The number of rotatable bonds is 4. The summed E-state index contributed by atoms with van der Waals surface area (Å²) in [6.45, 7) is 7.63. The average molecular weight is 359 g/mol. The van der Waals surface area contributed by atoms with E-state index < -0.39 is 0 Å². The van der Waals surface area contributed by atoms with Gasteiger partial charge in [-0.2, -0.15) is 5.10 Å². The number of hydrogen-bond donors (Lipinski definition) is 1. The van der Waals surface area contributed by atoms with E-state index in [1.54, 1.807) is 0 Å². The van der Waals surface area contributed by atoms with Gasteiger partial charge in [0.25, 0.3) is 0 Å². The third-order valence-electron chi connectivity index (χ3n) is 3.39. The molecule has 22 heavy (non-hydrogen) atoms. The number of nitrogens with one attached hydrogen (secondary N) is 1. The molecule has 1 N–H and O–H groups in total. The zero-order valence-electron chi connectivity index (χ0n) is 12.9. The van der Waals surface area contributed by atoms with Crippen molar-refractivity contribution in [2.45, 2.75) is 32.1 Å². The molecule has 0 spiro atoms. The van der Waals surface area contributed by atoms with Crippen molar-refractivity contribution in [2.75, 3.05) is 13.1 Å². The second kappa shape index (κ2) is 8.09. The third kappa shape index (κ3) is 4.09. The first-order valence-corrected chi connectivity index (χ1v) is 8.87. The predicted molar refractivity (Wildman–Crippen MR) is 97.1 cm³/mol. The summed E-state index contributed by atoms with van der Waals surface area (Å²) in [5, 5.41) is 7.47. The Morgan fingerprint density at radius 2 is 2.18 bits per heavy atom. The molecule has 1 aliphatic heterocycles. The first kappa shape index (κ1) is 17.4. The van der Waals surface area contributed by atoms with Crippen LogP contribution in [0.5, 0.6) is 0 Å². The Hall–Kier alpha value is -0.910. The van der Waals surface area contributed by atoms with E-state index in [9.17, 15) is 0 Å². The highest BCUT2D eigenvalue weighted by Gasteiger charge is 2.20. The van der Waals surface area contributed by atoms with Gasteiger partial charge >= 0.3 is 0 Å². The first-order valence-electron chi connectivity index (χ1n) is 7.30. The number of aryl methyl sites for hydroxylation is 1. The second-order valence-electron chi connectivity index (χ2n) is 5.03. The van der Waals surface area contributed by atoms with Crippen LogP contribution in [0.15, 0.2) is 27.1 Å². The third-order valence-corrected chi connectivity index (χ3v) is 5.33.